The van der Waals surface area contributed by atoms with Crippen molar-refractivity contribution < 1.29 is 18.7 Å². The van der Waals surface area contributed by atoms with Crippen LogP contribution in [0.25, 0.3) is 17.2 Å². The van der Waals surface area contributed by atoms with E-state index in [4.69, 9.17) is 9.15 Å². The topological polar surface area (TPSA) is 56.5 Å². The number of ketones is 1. The number of Topliss-reactive ketones (excluding diaryl/α,β-unsaturated/α-hetero) is 1. The smallest absolute Gasteiger partial charge is 0.331 e. The molecule has 4 nitrogen and oxygen atoms in total. The fraction of sp³-hybridized carbons (Fsp3) is 0.0909. The molecule has 1 aliphatic carbocycles. The minimum absolute atomic E-state index is 0.232. The molecule has 0 N–H and O–H groups in total. The Morgan fingerprint density at radius 2 is 1.85 bits per heavy atom. The number of rotatable bonds is 5. The van der Waals surface area contributed by atoms with E-state index in [-0.39, 0.29) is 12.4 Å². The molecule has 0 radical (unpaired) electrons. The van der Waals surface area contributed by atoms with Crippen molar-refractivity contribution in [2.24, 2.45) is 0 Å². The second kappa shape index (κ2) is 7.37. The van der Waals surface area contributed by atoms with E-state index in [1.165, 1.54) is 23.3 Å². The number of esters is 1. The number of carbonyl (C=O) groups excluding carboxylic acids is 2. The minimum atomic E-state index is -0.595. The first-order valence-corrected chi connectivity index (χ1v) is 9.24. The summed E-state index contributed by atoms with van der Waals surface area (Å²) in [6, 6.07) is 17.3. The fourth-order valence-electron chi connectivity index (χ4n) is 3.13. The Bertz CT molecular complexity index is 1060. The van der Waals surface area contributed by atoms with Crippen molar-refractivity contribution in [2.45, 2.75) is 6.42 Å². The molecule has 0 saturated heterocycles. The molecule has 3 aromatic rings. The molecule has 0 amide bonds. The number of furan rings is 1. The second-order valence-corrected chi connectivity index (χ2v) is 6.99. The van der Waals surface area contributed by atoms with Gasteiger partial charge in [0.2, 0.25) is 0 Å². The molecule has 0 unspecified atom stereocenters. The van der Waals surface area contributed by atoms with Gasteiger partial charge in [-0.1, -0.05) is 36.4 Å². The van der Waals surface area contributed by atoms with Gasteiger partial charge in [0.15, 0.2) is 17.1 Å². The molecular weight excluding hydrogens is 408 g/mol. The molecule has 0 fully saturated rings. The summed E-state index contributed by atoms with van der Waals surface area (Å²) in [6.45, 7) is -0.300. The average Bonchev–Trinajstić information content (AvgIpc) is 3.27. The molecule has 2 aromatic carbocycles. The van der Waals surface area contributed by atoms with E-state index in [0.717, 1.165) is 17.5 Å². The van der Waals surface area contributed by atoms with E-state index in [1.54, 1.807) is 18.2 Å². The van der Waals surface area contributed by atoms with Crippen LogP contribution in [-0.2, 0) is 16.0 Å². The van der Waals surface area contributed by atoms with Crippen LogP contribution in [-0.4, -0.2) is 18.4 Å². The normalized spacial score (nSPS) is 12.0. The van der Waals surface area contributed by atoms with Crippen LogP contribution in [0.5, 0.6) is 0 Å². The Morgan fingerprint density at radius 1 is 1.04 bits per heavy atom. The van der Waals surface area contributed by atoms with Crippen LogP contribution in [0.2, 0.25) is 0 Å². The highest BCUT2D eigenvalue weighted by molar-refractivity contribution is 9.10. The van der Waals surface area contributed by atoms with Gasteiger partial charge >= 0.3 is 5.97 Å². The molecule has 4 rings (SSSR count). The van der Waals surface area contributed by atoms with Gasteiger partial charge in [0.05, 0.1) is 0 Å². The lowest BCUT2D eigenvalue weighted by Crippen LogP contribution is -2.12. The fourth-order valence-corrected chi connectivity index (χ4v) is 3.45. The minimum Gasteiger partial charge on any atom is -0.454 e. The lowest BCUT2D eigenvalue weighted by molar-refractivity contribution is -0.136. The highest BCUT2D eigenvalue weighted by atomic mass is 79.9. The van der Waals surface area contributed by atoms with Crippen LogP contribution in [0.1, 0.15) is 27.2 Å². The molecule has 1 aromatic heterocycles. The SMILES string of the molecule is O=C(/C=C/c1ccc(Br)o1)OCC(=O)c1ccc2c(c1)-c1ccccc1C2. The quantitative estimate of drug-likeness (QED) is 0.256. The number of halogens is 1. The van der Waals surface area contributed by atoms with Gasteiger partial charge in [-0.15, -0.1) is 0 Å². The highest BCUT2D eigenvalue weighted by Gasteiger charge is 2.19. The maximum Gasteiger partial charge on any atom is 0.331 e. The summed E-state index contributed by atoms with van der Waals surface area (Å²) < 4.78 is 10.9. The second-order valence-electron chi connectivity index (χ2n) is 6.21. The van der Waals surface area contributed by atoms with E-state index < -0.39 is 5.97 Å². The zero-order valence-corrected chi connectivity index (χ0v) is 15.9. The van der Waals surface area contributed by atoms with E-state index in [9.17, 15) is 9.59 Å². The zero-order valence-electron chi connectivity index (χ0n) is 14.3. The number of benzene rings is 2. The van der Waals surface area contributed by atoms with Gasteiger partial charge in [-0.25, -0.2) is 4.79 Å². The molecule has 0 bridgehead atoms. The van der Waals surface area contributed by atoms with Gasteiger partial charge in [-0.3, -0.25) is 4.79 Å². The Balaban J connectivity index is 1.41. The van der Waals surface area contributed by atoms with Crippen LogP contribution in [0.4, 0.5) is 0 Å². The molecule has 1 aliphatic rings. The zero-order chi connectivity index (χ0) is 18.8. The van der Waals surface area contributed by atoms with Crippen LogP contribution in [0, 0.1) is 0 Å². The molecule has 5 heteroatoms. The molecule has 1 heterocycles. The van der Waals surface area contributed by atoms with E-state index in [1.807, 2.05) is 24.3 Å². The van der Waals surface area contributed by atoms with E-state index >= 15 is 0 Å². The van der Waals surface area contributed by atoms with Crippen molar-refractivity contribution in [1.82, 2.24) is 0 Å². The van der Waals surface area contributed by atoms with Crippen molar-refractivity contribution in [2.75, 3.05) is 6.61 Å². The maximum atomic E-state index is 12.4. The third-order valence-electron chi connectivity index (χ3n) is 4.44. The predicted molar refractivity (Wildman–Crippen MR) is 105 cm³/mol. The average molecular weight is 423 g/mol. The van der Waals surface area contributed by atoms with Crippen LogP contribution >= 0.6 is 15.9 Å². The van der Waals surface area contributed by atoms with Crippen LogP contribution in [0.15, 0.2) is 69.8 Å². The maximum absolute atomic E-state index is 12.4. The summed E-state index contributed by atoms with van der Waals surface area (Å²) in [7, 11) is 0. The van der Waals surface area contributed by atoms with Crippen molar-refractivity contribution in [1.29, 1.82) is 0 Å². The number of ether oxygens (including phenoxy) is 1. The molecule has 0 atom stereocenters. The molecular formula is C22H15BrO4. The van der Waals surface area contributed by atoms with Gasteiger partial charge in [0.25, 0.3) is 0 Å². The Labute approximate surface area is 164 Å². The van der Waals surface area contributed by atoms with Crippen molar-refractivity contribution >= 4 is 33.8 Å². The first-order chi connectivity index (χ1) is 13.1. The number of carbonyl (C=O) groups is 2. The van der Waals surface area contributed by atoms with Gasteiger partial charge in [0, 0.05) is 11.6 Å². The highest BCUT2D eigenvalue weighted by Crippen LogP contribution is 2.36. The molecule has 0 spiro atoms. The van der Waals surface area contributed by atoms with Gasteiger partial charge in [0.1, 0.15) is 5.76 Å². The van der Waals surface area contributed by atoms with Crippen molar-refractivity contribution in [3.63, 3.8) is 0 Å². The standard InChI is InChI=1S/C22H15BrO4/c23-21-9-7-17(27-21)8-10-22(25)26-13-20(24)16-6-5-15-11-14-3-1-2-4-18(14)19(15)12-16/h1-10,12H,11,13H2/b10-8+. The summed E-state index contributed by atoms with van der Waals surface area (Å²) in [5.41, 5.74) is 5.24. The third-order valence-corrected chi connectivity index (χ3v) is 4.87. The molecule has 27 heavy (non-hydrogen) atoms. The number of hydrogen-bond acceptors (Lipinski definition) is 4. The van der Waals surface area contributed by atoms with Gasteiger partial charge < -0.3 is 9.15 Å². The third kappa shape index (κ3) is 3.78. The van der Waals surface area contributed by atoms with E-state index in [2.05, 4.69) is 28.1 Å². The van der Waals surface area contributed by atoms with Crippen LogP contribution in [0.3, 0.4) is 0 Å². The number of hydrogen-bond donors (Lipinski definition) is 0. The van der Waals surface area contributed by atoms with Gasteiger partial charge in [-0.2, -0.15) is 0 Å². The summed E-state index contributed by atoms with van der Waals surface area (Å²) in [5.74, 6) is -0.311. The lowest BCUT2D eigenvalue weighted by atomic mass is 10.0. The largest absolute Gasteiger partial charge is 0.454 e. The van der Waals surface area contributed by atoms with Gasteiger partial charge in [-0.05, 0) is 68.9 Å². The summed E-state index contributed by atoms with van der Waals surface area (Å²) in [5, 5.41) is 0. The van der Waals surface area contributed by atoms with Crippen LogP contribution < -0.4 is 0 Å². The van der Waals surface area contributed by atoms with E-state index in [0.29, 0.717) is 16.0 Å². The Hall–Kier alpha value is -2.92. The summed E-state index contributed by atoms with van der Waals surface area (Å²) in [6.07, 6.45) is 3.60. The predicted octanol–water partition coefficient (Wildman–Crippen LogP) is 5.05. The monoisotopic (exact) mass is 422 g/mol. The summed E-state index contributed by atoms with van der Waals surface area (Å²) in [4.78, 5) is 24.2. The first-order valence-electron chi connectivity index (χ1n) is 8.45. The Kier molecular flexibility index (Phi) is 4.77. The van der Waals surface area contributed by atoms with Crippen molar-refractivity contribution in [3.05, 3.63) is 87.8 Å². The molecule has 0 saturated carbocycles. The van der Waals surface area contributed by atoms with Crippen molar-refractivity contribution in [3.8, 4) is 11.1 Å². The number of fused-ring (bicyclic) bond motifs is 3. The lowest BCUT2D eigenvalue weighted by Gasteiger charge is -2.05. The Morgan fingerprint density at radius 3 is 2.67 bits per heavy atom. The summed E-state index contributed by atoms with van der Waals surface area (Å²) >= 11 is 3.18. The molecule has 134 valence electrons. The first kappa shape index (κ1) is 17.5. The molecule has 0 aliphatic heterocycles.